The molecule has 68 valence electrons. The van der Waals surface area contributed by atoms with Crippen LogP contribution in [0.4, 0.5) is 0 Å². The summed E-state index contributed by atoms with van der Waals surface area (Å²) in [6, 6.07) is 6.62. The minimum absolute atomic E-state index is 0. The second-order valence-corrected chi connectivity index (χ2v) is 3.03. The van der Waals surface area contributed by atoms with Crippen molar-refractivity contribution in [2.75, 3.05) is 7.05 Å². The minimum atomic E-state index is 0. The molecule has 0 fully saturated rings. The molecule has 0 saturated carbocycles. The number of halogens is 1. The van der Waals surface area contributed by atoms with Crippen LogP contribution in [0.3, 0.4) is 0 Å². The molecule has 0 atom stereocenters. The second-order valence-electron chi connectivity index (χ2n) is 3.03. The first-order valence-electron chi connectivity index (χ1n) is 3.94. The van der Waals surface area contributed by atoms with Gasteiger partial charge in [0.25, 0.3) is 0 Å². The number of aryl methyl sites for hydroxylation is 2. The smallest absolute Gasteiger partial charge is 0.0202 e. The number of benzene rings is 1. The van der Waals surface area contributed by atoms with Crippen LogP contribution in [0.15, 0.2) is 18.2 Å². The van der Waals surface area contributed by atoms with Crippen molar-refractivity contribution in [1.29, 1.82) is 0 Å². The van der Waals surface area contributed by atoms with Gasteiger partial charge in [0.2, 0.25) is 0 Å². The average Bonchev–Trinajstić information content (AvgIpc) is 1.85. The van der Waals surface area contributed by atoms with Crippen molar-refractivity contribution in [2.24, 2.45) is 0 Å². The lowest BCUT2D eigenvalue weighted by Crippen LogP contribution is -2.05. The van der Waals surface area contributed by atoms with E-state index in [0.717, 1.165) is 6.54 Å². The van der Waals surface area contributed by atoms with Gasteiger partial charge < -0.3 is 5.32 Å². The molecule has 0 aromatic heterocycles. The summed E-state index contributed by atoms with van der Waals surface area (Å²) in [5, 5.41) is 3.14. The molecule has 1 aromatic carbocycles. The molecule has 0 aliphatic carbocycles. The molecule has 0 amide bonds. The molecule has 1 aromatic rings. The lowest BCUT2D eigenvalue weighted by atomic mass is 10.1. The van der Waals surface area contributed by atoms with Gasteiger partial charge in [-0.25, -0.2) is 0 Å². The lowest BCUT2D eigenvalue weighted by Gasteiger charge is -2.03. The Kier molecular flexibility index (Phi) is 4.95. The maximum Gasteiger partial charge on any atom is 0.0202 e. The molecule has 0 heterocycles. The normalized spacial score (nSPS) is 9.25. The Morgan fingerprint density at radius 3 is 2.00 bits per heavy atom. The van der Waals surface area contributed by atoms with Crippen molar-refractivity contribution in [3.05, 3.63) is 34.9 Å². The van der Waals surface area contributed by atoms with Gasteiger partial charge >= 0.3 is 0 Å². The lowest BCUT2D eigenvalue weighted by molar-refractivity contribution is 0.816. The van der Waals surface area contributed by atoms with E-state index in [1.165, 1.54) is 16.7 Å². The van der Waals surface area contributed by atoms with Crippen LogP contribution in [-0.4, -0.2) is 7.05 Å². The van der Waals surface area contributed by atoms with Gasteiger partial charge in [-0.15, -0.1) is 12.4 Å². The van der Waals surface area contributed by atoms with Gasteiger partial charge in [-0.2, -0.15) is 0 Å². The molecule has 12 heavy (non-hydrogen) atoms. The summed E-state index contributed by atoms with van der Waals surface area (Å²) in [6.45, 7) is 5.22. The Morgan fingerprint density at radius 2 is 1.58 bits per heavy atom. The molecule has 0 saturated heterocycles. The molecule has 0 radical (unpaired) electrons. The molecule has 0 unspecified atom stereocenters. The Morgan fingerprint density at radius 1 is 1.08 bits per heavy atom. The first kappa shape index (κ1) is 11.5. The quantitative estimate of drug-likeness (QED) is 0.747. The first-order chi connectivity index (χ1) is 5.22. The van der Waals surface area contributed by atoms with Gasteiger partial charge in [0.15, 0.2) is 0 Å². The SMILES string of the molecule is CNCc1cc(C)cc(C)c1.Cl. The van der Waals surface area contributed by atoms with Crippen LogP contribution in [0.5, 0.6) is 0 Å². The van der Waals surface area contributed by atoms with Crippen LogP contribution >= 0.6 is 12.4 Å². The highest BCUT2D eigenvalue weighted by Crippen LogP contribution is 2.07. The number of hydrogen-bond acceptors (Lipinski definition) is 1. The predicted molar refractivity (Wildman–Crippen MR) is 55.9 cm³/mol. The van der Waals surface area contributed by atoms with Crippen molar-refractivity contribution in [1.82, 2.24) is 5.32 Å². The largest absolute Gasteiger partial charge is 0.316 e. The Bertz CT molecular complexity index is 225. The van der Waals surface area contributed by atoms with E-state index in [-0.39, 0.29) is 12.4 Å². The summed E-state index contributed by atoms with van der Waals surface area (Å²) in [5.41, 5.74) is 4.05. The van der Waals surface area contributed by atoms with E-state index in [1.807, 2.05) is 7.05 Å². The predicted octanol–water partition coefficient (Wildman–Crippen LogP) is 2.44. The Labute approximate surface area is 80.6 Å². The molecule has 0 bridgehead atoms. The van der Waals surface area contributed by atoms with Gasteiger partial charge in [0, 0.05) is 6.54 Å². The third-order valence-corrected chi connectivity index (χ3v) is 1.66. The standard InChI is InChI=1S/C10H15N.ClH/c1-8-4-9(2)6-10(5-8)7-11-3;/h4-6,11H,7H2,1-3H3;1H. The van der Waals surface area contributed by atoms with Crippen molar-refractivity contribution < 1.29 is 0 Å². The molecule has 1 nitrogen and oxygen atoms in total. The zero-order chi connectivity index (χ0) is 8.27. The third kappa shape index (κ3) is 3.24. The van der Waals surface area contributed by atoms with E-state index in [2.05, 4.69) is 37.4 Å². The summed E-state index contributed by atoms with van der Waals surface area (Å²) < 4.78 is 0. The maximum absolute atomic E-state index is 3.14. The van der Waals surface area contributed by atoms with Crippen LogP contribution in [0.25, 0.3) is 0 Å². The summed E-state index contributed by atoms with van der Waals surface area (Å²) in [6.07, 6.45) is 0. The van der Waals surface area contributed by atoms with Gasteiger partial charge in [-0.05, 0) is 26.5 Å². The zero-order valence-electron chi connectivity index (χ0n) is 7.85. The minimum Gasteiger partial charge on any atom is -0.316 e. The first-order valence-corrected chi connectivity index (χ1v) is 3.94. The number of nitrogens with one attached hydrogen (secondary N) is 1. The molecule has 0 spiro atoms. The topological polar surface area (TPSA) is 12.0 Å². The Balaban J connectivity index is 0.00000121. The van der Waals surface area contributed by atoms with E-state index >= 15 is 0 Å². The molecular weight excluding hydrogens is 170 g/mol. The van der Waals surface area contributed by atoms with E-state index in [0.29, 0.717) is 0 Å². The van der Waals surface area contributed by atoms with Gasteiger partial charge in [0.1, 0.15) is 0 Å². The monoisotopic (exact) mass is 185 g/mol. The van der Waals surface area contributed by atoms with E-state index < -0.39 is 0 Å². The van der Waals surface area contributed by atoms with Gasteiger partial charge in [-0.3, -0.25) is 0 Å². The summed E-state index contributed by atoms with van der Waals surface area (Å²) >= 11 is 0. The van der Waals surface area contributed by atoms with Crippen molar-refractivity contribution in [3.8, 4) is 0 Å². The summed E-state index contributed by atoms with van der Waals surface area (Å²) in [4.78, 5) is 0. The molecule has 1 rings (SSSR count). The van der Waals surface area contributed by atoms with Crippen LogP contribution in [-0.2, 0) is 6.54 Å². The second kappa shape index (κ2) is 5.18. The fourth-order valence-corrected chi connectivity index (χ4v) is 1.38. The van der Waals surface area contributed by atoms with Crippen LogP contribution in [0.2, 0.25) is 0 Å². The average molecular weight is 186 g/mol. The summed E-state index contributed by atoms with van der Waals surface area (Å²) in [7, 11) is 1.97. The molecule has 1 N–H and O–H groups in total. The fraction of sp³-hybridized carbons (Fsp3) is 0.400. The molecule has 2 heteroatoms. The molecule has 0 aliphatic heterocycles. The summed E-state index contributed by atoms with van der Waals surface area (Å²) in [5.74, 6) is 0. The maximum atomic E-state index is 3.14. The van der Waals surface area contributed by atoms with Gasteiger partial charge in [0.05, 0.1) is 0 Å². The highest BCUT2D eigenvalue weighted by molar-refractivity contribution is 5.85. The van der Waals surface area contributed by atoms with Crippen LogP contribution < -0.4 is 5.32 Å². The fourth-order valence-electron chi connectivity index (χ4n) is 1.38. The molecular formula is C10H16ClN. The van der Waals surface area contributed by atoms with E-state index in [9.17, 15) is 0 Å². The number of hydrogen-bond donors (Lipinski definition) is 1. The highest BCUT2D eigenvalue weighted by atomic mass is 35.5. The zero-order valence-corrected chi connectivity index (χ0v) is 8.66. The number of rotatable bonds is 2. The Hall–Kier alpha value is -0.530. The molecule has 0 aliphatic rings. The van der Waals surface area contributed by atoms with Gasteiger partial charge in [-0.1, -0.05) is 29.3 Å². The van der Waals surface area contributed by atoms with Crippen molar-refractivity contribution in [3.63, 3.8) is 0 Å². The highest BCUT2D eigenvalue weighted by Gasteiger charge is 1.92. The van der Waals surface area contributed by atoms with Crippen molar-refractivity contribution >= 4 is 12.4 Å². The van der Waals surface area contributed by atoms with Crippen molar-refractivity contribution in [2.45, 2.75) is 20.4 Å². The van der Waals surface area contributed by atoms with Crippen LogP contribution in [0.1, 0.15) is 16.7 Å². The van der Waals surface area contributed by atoms with E-state index in [1.54, 1.807) is 0 Å². The van der Waals surface area contributed by atoms with E-state index in [4.69, 9.17) is 0 Å². The third-order valence-electron chi connectivity index (χ3n) is 1.66. The van der Waals surface area contributed by atoms with Crippen LogP contribution in [0, 0.1) is 13.8 Å².